The van der Waals surface area contributed by atoms with Crippen LogP contribution in [0.1, 0.15) is 28.8 Å². The van der Waals surface area contributed by atoms with Crippen LogP contribution in [0.5, 0.6) is 0 Å². The fraction of sp³-hybridized carbons (Fsp3) is 0.250. The monoisotopic (exact) mass is 556 g/mol. The molecule has 11 heteroatoms. The fourth-order valence-corrected chi connectivity index (χ4v) is 4.25. The van der Waals surface area contributed by atoms with Crippen LogP contribution in [0.3, 0.4) is 0 Å². The molecule has 0 fully saturated rings. The third kappa shape index (κ3) is 7.15. The van der Waals surface area contributed by atoms with Gasteiger partial charge in [0, 0.05) is 18.1 Å². The number of fused-ring (bicyclic) bond motifs is 1. The van der Waals surface area contributed by atoms with Crippen LogP contribution < -0.4 is 16.4 Å². The van der Waals surface area contributed by atoms with E-state index >= 15 is 0 Å². The first-order valence-electron chi connectivity index (χ1n) is 12.2. The van der Waals surface area contributed by atoms with Crippen molar-refractivity contribution >= 4 is 45.7 Å². The molecule has 0 aliphatic heterocycles. The zero-order valence-corrected chi connectivity index (χ0v) is 22.2. The minimum Gasteiger partial charge on any atom is -0.383 e. The van der Waals surface area contributed by atoms with E-state index in [1.165, 1.54) is 6.07 Å². The molecule has 0 aliphatic carbocycles. The minimum atomic E-state index is -4.56. The van der Waals surface area contributed by atoms with E-state index in [1.54, 1.807) is 30.5 Å². The Hall–Kier alpha value is -3.89. The summed E-state index contributed by atoms with van der Waals surface area (Å²) in [4.78, 5) is 23.5. The number of alkyl halides is 3. The summed E-state index contributed by atoms with van der Waals surface area (Å²) in [6.45, 7) is 1.43. The molecule has 1 aromatic heterocycles. The number of halogens is 4. The highest BCUT2D eigenvalue weighted by atomic mass is 35.5. The van der Waals surface area contributed by atoms with Crippen molar-refractivity contribution in [3.63, 3.8) is 0 Å². The fourth-order valence-electron chi connectivity index (χ4n) is 4.05. The van der Waals surface area contributed by atoms with E-state index in [0.717, 1.165) is 42.5 Å². The number of rotatable bonds is 9. The van der Waals surface area contributed by atoms with Crippen molar-refractivity contribution in [3.8, 4) is 11.1 Å². The highest BCUT2D eigenvalue weighted by Gasteiger charge is 2.31. The summed E-state index contributed by atoms with van der Waals surface area (Å²) < 4.78 is 40.4. The molecule has 0 bridgehead atoms. The molecule has 3 aromatic carbocycles. The Morgan fingerprint density at radius 1 is 1.00 bits per heavy atom. The summed E-state index contributed by atoms with van der Waals surface area (Å²) in [6.07, 6.45) is -1.23. The van der Waals surface area contributed by atoms with Crippen LogP contribution in [0.25, 0.3) is 22.0 Å². The summed E-state index contributed by atoms with van der Waals surface area (Å²) in [6, 6.07) is 13.6. The first kappa shape index (κ1) is 28.1. The van der Waals surface area contributed by atoms with E-state index in [2.05, 4.69) is 25.5 Å². The minimum absolute atomic E-state index is 0.0179. The number of unbranched alkanes of at least 4 members (excludes halogenated alkanes) is 1. The number of carbonyl (C=O) groups is 1. The molecule has 0 saturated heterocycles. The van der Waals surface area contributed by atoms with E-state index in [4.69, 9.17) is 17.3 Å². The topological polar surface area (TPSA) is 96.2 Å². The van der Waals surface area contributed by atoms with Crippen molar-refractivity contribution in [1.29, 1.82) is 0 Å². The largest absolute Gasteiger partial charge is 0.416 e. The van der Waals surface area contributed by atoms with Gasteiger partial charge in [-0.15, -0.1) is 0 Å². The van der Waals surface area contributed by atoms with Crippen LogP contribution in [-0.2, 0) is 6.18 Å². The van der Waals surface area contributed by atoms with E-state index in [9.17, 15) is 18.0 Å². The maximum atomic E-state index is 13.5. The molecular weight excluding hydrogens is 529 g/mol. The van der Waals surface area contributed by atoms with Gasteiger partial charge < -0.3 is 21.3 Å². The zero-order chi connectivity index (χ0) is 28.2. The number of benzene rings is 3. The van der Waals surface area contributed by atoms with Gasteiger partial charge in [-0.1, -0.05) is 23.7 Å². The van der Waals surface area contributed by atoms with Crippen molar-refractivity contribution in [3.05, 3.63) is 76.9 Å². The van der Waals surface area contributed by atoms with Crippen molar-refractivity contribution < 1.29 is 18.0 Å². The number of nitrogen functional groups attached to an aromatic ring is 1. The van der Waals surface area contributed by atoms with Crippen molar-refractivity contribution in [2.24, 2.45) is 0 Å². The van der Waals surface area contributed by atoms with Gasteiger partial charge in [-0.25, -0.2) is 9.97 Å². The molecule has 39 heavy (non-hydrogen) atoms. The summed E-state index contributed by atoms with van der Waals surface area (Å²) in [5, 5.41) is 6.69. The molecule has 0 unspecified atom stereocenters. The molecule has 0 aliphatic rings. The van der Waals surface area contributed by atoms with Gasteiger partial charge in [-0.05, 0) is 87.1 Å². The van der Waals surface area contributed by atoms with E-state index in [0.29, 0.717) is 23.3 Å². The lowest BCUT2D eigenvalue weighted by atomic mass is 10.0. The van der Waals surface area contributed by atoms with E-state index in [1.807, 2.05) is 26.2 Å². The quantitative estimate of drug-likeness (QED) is 0.202. The van der Waals surface area contributed by atoms with Crippen LogP contribution in [0.2, 0.25) is 5.02 Å². The number of anilines is 3. The van der Waals surface area contributed by atoms with Crippen LogP contribution in [0.15, 0.2) is 60.8 Å². The lowest BCUT2D eigenvalue weighted by Gasteiger charge is -2.17. The number of nitrogens with one attached hydrogen (secondary N) is 2. The van der Waals surface area contributed by atoms with Crippen LogP contribution in [0.4, 0.5) is 30.5 Å². The summed E-state index contributed by atoms with van der Waals surface area (Å²) in [7, 11) is 3.95. The van der Waals surface area contributed by atoms with Crippen LogP contribution >= 0.6 is 11.6 Å². The first-order valence-corrected chi connectivity index (χ1v) is 12.6. The number of nitrogens with two attached hydrogens (primary N) is 1. The second-order valence-corrected chi connectivity index (χ2v) is 9.75. The summed E-state index contributed by atoms with van der Waals surface area (Å²) in [5.74, 6) is -0.466. The molecule has 1 amide bonds. The van der Waals surface area contributed by atoms with Crippen molar-refractivity contribution in [2.45, 2.75) is 19.0 Å². The van der Waals surface area contributed by atoms with Crippen molar-refractivity contribution in [2.75, 3.05) is 43.6 Å². The Kier molecular flexibility index (Phi) is 8.57. The Labute approximate surface area is 229 Å². The molecule has 0 spiro atoms. The number of carbonyl (C=O) groups excluding carboxylic acids is 1. The summed E-state index contributed by atoms with van der Waals surface area (Å²) >= 11 is 6.35. The molecule has 0 radical (unpaired) electrons. The Bertz CT molecular complexity index is 1490. The predicted octanol–water partition coefficient (Wildman–Crippen LogP) is 6.56. The Balaban J connectivity index is 1.59. The molecule has 0 atom stereocenters. The lowest BCUT2D eigenvalue weighted by molar-refractivity contribution is -0.137. The third-order valence-electron chi connectivity index (χ3n) is 6.09. The number of hydrogen-bond donors (Lipinski definition) is 3. The SMILES string of the molecule is CN(C)CCCCNc1ccc(C(F)(F)F)cc1NC(=O)c1cc(-c2ccc3nc(N)ncc3c2)ccc1Cl. The highest BCUT2D eigenvalue weighted by Crippen LogP contribution is 2.35. The number of hydrogen-bond acceptors (Lipinski definition) is 6. The van der Waals surface area contributed by atoms with E-state index in [-0.39, 0.29) is 22.2 Å². The number of aromatic nitrogens is 2. The molecule has 1 heterocycles. The van der Waals surface area contributed by atoms with Gasteiger partial charge in [0.25, 0.3) is 5.91 Å². The Morgan fingerprint density at radius 3 is 2.49 bits per heavy atom. The molecule has 7 nitrogen and oxygen atoms in total. The maximum Gasteiger partial charge on any atom is 0.416 e. The number of nitrogens with zero attached hydrogens (tertiary/aromatic N) is 3. The third-order valence-corrected chi connectivity index (χ3v) is 6.41. The second kappa shape index (κ2) is 11.9. The first-order chi connectivity index (χ1) is 18.5. The van der Waals surface area contributed by atoms with Gasteiger partial charge in [0.2, 0.25) is 5.95 Å². The van der Waals surface area contributed by atoms with Crippen LogP contribution in [-0.4, -0.2) is 48.0 Å². The van der Waals surface area contributed by atoms with Gasteiger partial charge >= 0.3 is 6.18 Å². The average Bonchev–Trinajstić information content (AvgIpc) is 2.88. The normalized spacial score (nSPS) is 11.7. The molecule has 0 saturated carbocycles. The van der Waals surface area contributed by atoms with Gasteiger partial charge in [0.15, 0.2) is 0 Å². The molecule has 204 valence electrons. The predicted molar refractivity (Wildman–Crippen MR) is 150 cm³/mol. The number of amides is 1. The van der Waals surface area contributed by atoms with E-state index < -0.39 is 17.6 Å². The van der Waals surface area contributed by atoms with Gasteiger partial charge in [-0.2, -0.15) is 13.2 Å². The molecule has 4 aromatic rings. The van der Waals surface area contributed by atoms with Gasteiger partial charge in [0.1, 0.15) is 0 Å². The van der Waals surface area contributed by atoms with Gasteiger partial charge in [-0.3, -0.25) is 4.79 Å². The summed E-state index contributed by atoms with van der Waals surface area (Å²) in [5.41, 5.74) is 7.45. The zero-order valence-electron chi connectivity index (χ0n) is 21.4. The lowest BCUT2D eigenvalue weighted by Crippen LogP contribution is -2.17. The Morgan fingerprint density at radius 2 is 1.74 bits per heavy atom. The molecule has 4 rings (SSSR count). The molecular formula is C28H28ClF3N6O. The smallest absolute Gasteiger partial charge is 0.383 e. The van der Waals surface area contributed by atoms with Crippen molar-refractivity contribution in [1.82, 2.24) is 14.9 Å². The second-order valence-electron chi connectivity index (χ2n) is 9.35. The highest BCUT2D eigenvalue weighted by molar-refractivity contribution is 6.34. The average molecular weight is 557 g/mol. The standard InChI is InChI=1S/C28H28ClF3N6O/c1-38(2)12-4-3-11-34-24-10-7-20(28(30,31)32)15-25(24)36-26(39)21-14-18(5-8-22(21)29)17-6-9-23-19(13-17)16-35-27(33)37-23/h5-10,13-16,34H,3-4,11-12H2,1-2H3,(H,36,39)(H2,33,35,37). The molecule has 4 N–H and O–H groups in total. The van der Waals surface area contributed by atoms with Gasteiger partial charge in [0.05, 0.1) is 33.0 Å². The van der Waals surface area contributed by atoms with Crippen LogP contribution in [0, 0.1) is 0 Å². The maximum absolute atomic E-state index is 13.5.